The molecule has 1 aromatic rings. The molecule has 2 aliphatic rings. The number of nitrogens with zero attached hydrogens (tertiary/aromatic N) is 2. The lowest BCUT2D eigenvalue weighted by Crippen LogP contribution is -2.40. The summed E-state index contributed by atoms with van der Waals surface area (Å²) in [7, 11) is 1.63. The van der Waals surface area contributed by atoms with E-state index in [1.807, 2.05) is 29.2 Å². The molecule has 2 fully saturated rings. The molecule has 120 valence electrons. The largest absolute Gasteiger partial charge is 0.497 e. The summed E-state index contributed by atoms with van der Waals surface area (Å²) in [6.07, 6.45) is 3.66. The number of benzene rings is 1. The number of methoxy groups -OCH3 is 1. The third kappa shape index (κ3) is 3.19. The first-order valence-electron chi connectivity index (χ1n) is 8.13. The van der Waals surface area contributed by atoms with Crippen LogP contribution in [-0.2, 0) is 0 Å². The summed E-state index contributed by atoms with van der Waals surface area (Å²) < 4.78 is 5.20. The SMILES string of the molecule is COc1cccc(NC(=O)N2CC(N3CCCC3)CC2C)c1. The minimum Gasteiger partial charge on any atom is -0.497 e. The highest BCUT2D eigenvalue weighted by molar-refractivity contribution is 5.90. The van der Waals surface area contributed by atoms with Crippen LogP contribution in [0.15, 0.2) is 24.3 Å². The first kappa shape index (κ1) is 15.2. The Labute approximate surface area is 132 Å². The third-order valence-electron chi connectivity index (χ3n) is 4.79. The van der Waals surface area contributed by atoms with Gasteiger partial charge in [-0.1, -0.05) is 6.07 Å². The Morgan fingerprint density at radius 3 is 2.82 bits per heavy atom. The molecule has 5 nitrogen and oxygen atoms in total. The summed E-state index contributed by atoms with van der Waals surface area (Å²) in [5.41, 5.74) is 0.779. The van der Waals surface area contributed by atoms with Crippen molar-refractivity contribution in [2.75, 3.05) is 32.1 Å². The van der Waals surface area contributed by atoms with Crippen molar-refractivity contribution in [2.45, 2.75) is 38.3 Å². The van der Waals surface area contributed by atoms with E-state index in [9.17, 15) is 4.79 Å². The van der Waals surface area contributed by atoms with Gasteiger partial charge in [-0.15, -0.1) is 0 Å². The first-order valence-corrected chi connectivity index (χ1v) is 8.13. The van der Waals surface area contributed by atoms with Crippen LogP contribution in [0.1, 0.15) is 26.2 Å². The highest BCUT2D eigenvalue weighted by Gasteiger charge is 2.36. The molecule has 1 N–H and O–H groups in total. The van der Waals surface area contributed by atoms with E-state index in [1.165, 1.54) is 25.9 Å². The van der Waals surface area contributed by atoms with Crippen LogP contribution in [0.5, 0.6) is 5.75 Å². The molecule has 0 saturated carbocycles. The molecule has 0 radical (unpaired) electrons. The topological polar surface area (TPSA) is 44.8 Å². The highest BCUT2D eigenvalue weighted by Crippen LogP contribution is 2.26. The summed E-state index contributed by atoms with van der Waals surface area (Å²) in [5, 5.41) is 2.99. The predicted molar refractivity (Wildman–Crippen MR) is 87.4 cm³/mol. The van der Waals surface area contributed by atoms with Crippen LogP contribution in [0.3, 0.4) is 0 Å². The fraction of sp³-hybridized carbons (Fsp3) is 0.588. The van der Waals surface area contributed by atoms with Crippen LogP contribution >= 0.6 is 0 Å². The zero-order valence-corrected chi connectivity index (χ0v) is 13.4. The fourth-order valence-corrected chi connectivity index (χ4v) is 3.55. The second-order valence-corrected chi connectivity index (χ2v) is 6.30. The molecular weight excluding hydrogens is 278 g/mol. The molecule has 2 heterocycles. The number of hydrogen-bond donors (Lipinski definition) is 1. The molecule has 2 unspecified atom stereocenters. The number of rotatable bonds is 3. The number of carbonyl (C=O) groups is 1. The average molecular weight is 303 g/mol. The number of urea groups is 1. The molecule has 3 rings (SSSR count). The molecule has 22 heavy (non-hydrogen) atoms. The Morgan fingerprint density at radius 2 is 2.09 bits per heavy atom. The third-order valence-corrected chi connectivity index (χ3v) is 4.79. The first-order chi connectivity index (χ1) is 10.7. The average Bonchev–Trinajstić information content (AvgIpc) is 3.16. The van der Waals surface area contributed by atoms with E-state index in [0.29, 0.717) is 6.04 Å². The molecule has 2 atom stereocenters. The molecule has 0 aliphatic carbocycles. The lowest BCUT2D eigenvalue weighted by molar-refractivity contribution is 0.202. The summed E-state index contributed by atoms with van der Waals surface area (Å²) >= 11 is 0. The standard InChI is InChI=1S/C17H25N3O2/c1-13-10-15(19-8-3-4-9-19)12-20(13)17(21)18-14-6-5-7-16(11-14)22-2/h5-7,11,13,15H,3-4,8-10,12H2,1-2H3,(H,18,21). The van der Waals surface area contributed by atoms with Crippen LogP contribution in [0, 0.1) is 0 Å². The van der Waals surface area contributed by atoms with Crippen LogP contribution < -0.4 is 10.1 Å². The minimum absolute atomic E-state index is 0.0116. The Balaban J connectivity index is 1.61. The monoisotopic (exact) mass is 303 g/mol. The molecule has 5 heteroatoms. The fourth-order valence-electron chi connectivity index (χ4n) is 3.55. The maximum Gasteiger partial charge on any atom is 0.322 e. The lowest BCUT2D eigenvalue weighted by Gasteiger charge is -2.24. The smallest absolute Gasteiger partial charge is 0.322 e. The van der Waals surface area contributed by atoms with Gasteiger partial charge in [-0.2, -0.15) is 0 Å². The molecule has 2 amide bonds. The van der Waals surface area contributed by atoms with E-state index in [2.05, 4.69) is 17.1 Å². The van der Waals surface area contributed by atoms with Crippen molar-refractivity contribution < 1.29 is 9.53 Å². The van der Waals surface area contributed by atoms with Crippen molar-refractivity contribution in [2.24, 2.45) is 0 Å². The number of nitrogens with one attached hydrogen (secondary N) is 1. The molecule has 2 aliphatic heterocycles. The van der Waals surface area contributed by atoms with Gasteiger partial charge in [0.1, 0.15) is 5.75 Å². The number of likely N-dealkylation sites (tertiary alicyclic amines) is 2. The van der Waals surface area contributed by atoms with Gasteiger partial charge in [0, 0.05) is 30.4 Å². The van der Waals surface area contributed by atoms with Crippen molar-refractivity contribution in [3.05, 3.63) is 24.3 Å². The lowest BCUT2D eigenvalue weighted by atomic mass is 10.2. The van der Waals surface area contributed by atoms with Gasteiger partial charge < -0.3 is 15.0 Å². The maximum absolute atomic E-state index is 12.5. The molecule has 2 saturated heterocycles. The summed E-state index contributed by atoms with van der Waals surface area (Å²) in [5.74, 6) is 0.752. The van der Waals surface area contributed by atoms with E-state index in [-0.39, 0.29) is 12.1 Å². The summed E-state index contributed by atoms with van der Waals surface area (Å²) in [6.45, 7) is 5.34. The minimum atomic E-state index is -0.0116. The van der Waals surface area contributed by atoms with Crippen molar-refractivity contribution in [1.29, 1.82) is 0 Å². The molecule has 0 aromatic heterocycles. The molecular formula is C17H25N3O2. The van der Waals surface area contributed by atoms with Crippen molar-refractivity contribution in [1.82, 2.24) is 9.80 Å². The van der Waals surface area contributed by atoms with E-state index in [4.69, 9.17) is 4.74 Å². The van der Waals surface area contributed by atoms with Crippen LogP contribution in [-0.4, -0.2) is 54.7 Å². The van der Waals surface area contributed by atoms with Gasteiger partial charge in [0.2, 0.25) is 0 Å². The number of amides is 2. The van der Waals surface area contributed by atoms with Crippen molar-refractivity contribution in [3.8, 4) is 5.75 Å². The van der Waals surface area contributed by atoms with Gasteiger partial charge in [-0.3, -0.25) is 4.90 Å². The van der Waals surface area contributed by atoms with Gasteiger partial charge in [0.15, 0.2) is 0 Å². The number of anilines is 1. The predicted octanol–water partition coefficient (Wildman–Crippen LogP) is 2.79. The Hall–Kier alpha value is -1.75. The van der Waals surface area contributed by atoms with Gasteiger partial charge in [0.05, 0.1) is 7.11 Å². The van der Waals surface area contributed by atoms with Gasteiger partial charge in [-0.05, 0) is 51.4 Å². The van der Waals surface area contributed by atoms with E-state index >= 15 is 0 Å². The van der Waals surface area contributed by atoms with Gasteiger partial charge in [0.25, 0.3) is 0 Å². The van der Waals surface area contributed by atoms with Crippen molar-refractivity contribution in [3.63, 3.8) is 0 Å². The van der Waals surface area contributed by atoms with Crippen LogP contribution in [0.2, 0.25) is 0 Å². The quantitative estimate of drug-likeness (QED) is 0.934. The number of ether oxygens (including phenoxy) is 1. The van der Waals surface area contributed by atoms with Gasteiger partial charge >= 0.3 is 6.03 Å². The summed E-state index contributed by atoms with van der Waals surface area (Å²) in [6, 6.07) is 8.29. The summed E-state index contributed by atoms with van der Waals surface area (Å²) in [4.78, 5) is 17.0. The molecule has 0 bridgehead atoms. The second kappa shape index (κ2) is 6.57. The Bertz CT molecular complexity index is 528. The van der Waals surface area contributed by atoms with Crippen LogP contribution in [0.25, 0.3) is 0 Å². The number of carbonyl (C=O) groups excluding carboxylic acids is 1. The molecule has 0 spiro atoms. The molecule has 1 aromatic carbocycles. The second-order valence-electron chi connectivity index (χ2n) is 6.30. The normalized spacial score (nSPS) is 25.5. The van der Waals surface area contributed by atoms with E-state index in [0.717, 1.165) is 24.4 Å². The van der Waals surface area contributed by atoms with Crippen LogP contribution in [0.4, 0.5) is 10.5 Å². The zero-order chi connectivity index (χ0) is 15.5. The maximum atomic E-state index is 12.5. The number of hydrogen-bond acceptors (Lipinski definition) is 3. The van der Waals surface area contributed by atoms with E-state index in [1.54, 1.807) is 7.11 Å². The van der Waals surface area contributed by atoms with E-state index < -0.39 is 0 Å². The van der Waals surface area contributed by atoms with Gasteiger partial charge in [-0.25, -0.2) is 4.79 Å². The van der Waals surface area contributed by atoms with Crippen molar-refractivity contribution >= 4 is 11.7 Å². The zero-order valence-electron chi connectivity index (χ0n) is 13.4. The Kier molecular flexibility index (Phi) is 4.52. The Morgan fingerprint density at radius 1 is 1.32 bits per heavy atom. The highest BCUT2D eigenvalue weighted by atomic mass is 16.5.